The second-order valence-corrected chi connectivity index (χ2v) is 7.33. The average molecular weight is 412 g/mol. The number of thiophene rings is 1. The quantitative estimate of drug-likeness (QED) is 0.521. The van der Waals surface area contributed by atoms with Crippen molar-refractivity contribution in [2.75, 3.05) is 7.11 Å². The number of H-pyrrole nitrogens is 1. The average Bonchev–Trinajstić information content (AvgIpc) is 3.32. The third kappa shape index (κ3) is 3.25. The van der Waals surface area contributed by atoms with E-state index in [0.717, 1.165) is 15.7 Å². The number of nitrogens with one attached hydrogen (secondary N) is 1. The lowest BCUT2D eigenvalue weighted by Crippen LogP contribution is -2.35. The molecule has 8 nitrogen and oxygen atoms in total. The molecule has 4 rings (SSSR count). The molecule has 0 unspecified atom stereocenters. The van der Waals surface area contributed by atoms with E-state index in [1.807, 2.05) is 25.1 Å². The number of fused-ring (bicyclic) bond motifs is 1. The number of methoxy groups -OCH3 is 1. The smallest absolute Gasteiger partial charge is 0.371 e. The van der Waals surface area contributed by atoms with Crippen LogP contribution in [0.2, 0.25) is 0 Å². The highest BCUT2D eigenvalue weighted by atomic mass is 32.1. The molecule has 0 spiro atoms. The minimum absolute atomic E-state index is 0.183. The van der Waals surface area contributed by atoms with Crippen LogP contribution < -0.4 is 16.0 Å². The summed E-state index contributed by atoms with van der Waals surface area (Å²) in [6.45, 7) is 1.76. The summed E-state index contributed by atoms with van der Waals surface area (Å²) >= 11 is 1.26. The zero-order valence-electron chi connectivity index (χ0n) is 15.5. The number of nitrogens with zero attached hydrogens (tertiary/aromatic N) is 1. The number of aromatic nitrogens is 2. The number of benzene rings is 1. The molecule has 0 aliphatic carbocycles. The summed E-state index contributed by atoms with van der Waals surface area (Å²) < 4.78 is 11.6. The molecule has 0 aliphatic heterocycles. The highest BCUT2D eigenvalue weighted by Crippen LogP contribution is 2.36. The Kier molecular flexibility index (Phi) is 4.59. The molecular weight excluding hydrogens is 396 g/mol. The Bertz CT molecular complexity index is 1360. The number of rotatable bonds is 5. The molecule has 1 aromatic carbocycles. The Balaban J connectivity index is 1.89. The van der Waals surface area contributed by atoms with Gasteiger partial charge in [0, 0.05) is 16.5 Å². The first-order valence-electron chi connectivity index (χ1n) is 8.60. The Morgan fingerprint density at radius 2 is 2.03 bits per heavy atom. The van der Waals surface area contributed by atoms with E-state index in [4.69, 9.17) is 14.3 Å². The predicted molar refractivity (Wildman–Crippen MR) is 108 cm³/mol. The maximum atomic E-state index is 13.2. The van der Waals surface area contributed by atoms with Gasteiger partial charge in [-0.1, -0.05) is 11.6 Å². The molecule has 9 heteroatoms. The second kappa shape index (κ2) is 7.10. The van der Waals surface area contributed by atoms with Crippen molar-refractivity contribution in [2.45, 2.75) is 13.5 Å². The molecule has 0 radical (unpaired) electrons. The Labute approximate surface area is 167 Å². The van der Waals surface area contributed by atoms with Crippen LogP contribution in [0.4, 0.5) is 0 Å². The third-order valence-corrected chi connectivity index (χ3v) is 5.44. The zero-order chi connectivity index (χ0) is 20.7. The number of carboxylic acid groups (broad SMARTS) is 1. The highest BCUT2D eigenvalue weighted by Gasteiger charge is 2.19. The van der Waals surface area contributed by atoms with Gasteiger partial charge in [0.05, 0.1) is 19.0 Å². The van der Waals surface area contributed by atoms with Gasteiger partial charge in [0.25, 0.3) is 5.56 Å². The maximum absolute atomic E-state index is 13.2. The first-order chi connectivity index (χ1) is 13.9. The monoisotopic (exact) mass is 412 g/mol. The van der Waals surface area contributed by atoms with Gasteiger partial charge < -0.3 is 14.3 Å². The molecule has 0 bridgehead atoms. The summed E-state index contributed by atoms with van der Waals surface area (Å²) in [7, 11) is 1.56. The summed E-state index contributed by atoms with van der Waals surface area (Å²) in [5, 5.41) is 11.1. The van der Waals surface area contributed by atoms with Gasteiger partial charge in [0.15, 0.2) is 0 Å². The number of hydrogen-bond acceptors (Lipinski definition) is 6. The first kappa shape index (κ1) is 18.8. The van der Waals surface area contributed by atoms with Crippen molar-refractivity contribution in [1.82, 2.24) is 9.55 Å². The number of carbonyl (C=O) groups is 1. The first-order valence-corrected chi connectivity index (χ1v) is 9.48. The van der Waals surface area contributed by atoms with Crippen LogP contribution in [0.15, 0.2) is 49.7 Å². The van der Waals surface area contributed by atoms with Crippen LogP contribution in [-0.4, -0.2) is 27.7 Å². The van der Waals surface area contributed by atoms with Crippen molar-refractivity contribution in [1.29, 1.82) is 0 Å². The molecule has 0 amide bonds. The number of aryl methyl sites for hydroxylation is 1. The lowest BCUT2D eigenvalue weighted by molar-refractivity contribution is 0.0660. The van der Waals surface area contributed by atoms with Crippen LogP contribution in [0.1, 0.15) is 21.9 Å². The van der Waals surface area contributed by atoms with E-state index in [-0.39, 0.29) is 18.1 Å². The summed E-state index contributed by atoms with van der Waals surface area (Å²) in [4.78, 5) is 39.8. The molecule has 4 aromatic rings. The van der Waals surface area contributed by atoms with Crippen LogP contribution in [0.5, 0.6) is 5.75 Å². The highest BCUT2D eigenvalue weighted by molar-refractivity contribution is 7.17. The Morgan fingerprint density at radius 1 is 1.24 bits per heavy atom. The standard InChI is InChI=1S/C20H16N2O6S/c1-10-3-5-14(27-2)12(7-10)13-9-29-17-16(13)18(23)22(20(26)21-17)8-11-4-6-15(28-11)19(24)25/h3-7,9H,8H2,1-2H3,(H,21,26)(H,24,25). The van der Waals surface area contributed by atoms with Gasteiger partial charge >= 0.3 is 11.7 Å². The fraction of sp³-hybridized carbons (Fsp3) is 0.150. The van der Waals surface area contributed by atoms with E-state index in [1.54, 1.807) is 12.5 Å². The topological polar surface area (TPSA) is 115 Å². The molecule has 29 heavy (non-hydrogen) atoms. The van der Waals surface area contributed by atoms with E-state index < -0.39 is 17.2 Å². The minimum atomic E-state index is -1.22. The fourth-order valence-corrected chi connectivity index (χ4v) is 4.10. The summed E-state index contributed by atoms with van der Waals surface area (Å²) in [6, 6.07) is 8.37. The van der Waals surface area contributed by atoms with E-state index in [9.17, 15) is 14.4 Å². The van der Waals surface area contributed by atoms with Crippen LogP contribution in [-0.2, 0) is 6.54 Å². The molecule has 2 N–H and O–H groups in total. The number of furan rings is 1. The molecule has 0 saturated carbocycles. The fourth-order valence-electron chi connectivity index (χ4n) is 3.16. The number of aromatic amines is 1. The molecule has 3 aromatic heterocycles. The molecule has 3 heterocycles. The van der Waals surface area contributed by atoms with Gasteiger partial charge in [0.1, 0.15) is 16.3 Å². The summed E-state index contributed by atoms with van der Waals surface area (Å²) in [6.07, 6.45) is 0. The van der Waals surface area contributed by atoms with Crippen molar-refractivity contribution in [3.63, 3.8) is 0 Å². The molecule has 148 valence electrons. The molecule has 0 atom stereocenters. The van der Waals surface area contributed by atoms with Crippen LogP contribution in [0.3, 0.4) is 0 Å². The minimum Gasteiger partial charge on any atom is -0.496 e. The van der Waals surface area contributed by atoms with E-state index in [1.165, 1.54) is 23.5 Å². The van der Waals surface area contributed by atoms with Gasteiger partial charge in [0.2, 0.25) is 5.76 Å². The van der Waals surface area contributed by atoms with Crippen LogP contribution >= 0.6 is 11.3 Å². The normalized spacial score (nSPS) is 11.1. The van der Waals surface area contributed by atoms with Gasteiger partial charge in [-0.2, -0.15) is 0 Å². The Hall–Kier alpha value is -3.59. The number of carboxylic acids is 1. The zero-order valence-corrected chi connectivity index (χ0v) is 16.3. The molecular formula is C20H16N2O6S. The summed E-state index contributed by atoms with van der Waals surface area (Å²) in [5.74, 6) is -0.672. The number of ether oxygens (including phenoxy) is 1. The van der Waals surface area contributed by atoms with Gasteiger partial charge in [-0.3, -0.25) is 14.3 Å². The lowest BCUT2D eigenvalue weighted by atomic mass is 10.0. The largest absolute Gasteiger partial charge is 0.496 e. The molecule has 0 saturated heterocycles. The maximum Gasteiger partial charge on any atom is 0.371 e. The lowest BCUT2D eigenvalue weighted by Gasteiger charge is -2.09. The number of aromatic carboxylic acids is 1. The third-order valence-electron chi connectivity index (χ3n) is 4.55. The van der Waals surface area contributed by atoms with Crippen molar-refractivity contribution >= 4 is 27.5 Å². The van der Waals surface area contributed by atoms with E-state index >= 15 is 0 Å². The van der Waals surface area contributed by atoms with E-state index in [2.05, 4.69) is 4.98 Å². The van der Waals surface area contributed by atoms with Gasteiger partial charge in [-0.05, 0) is 31.2 Å². The second-order valence-electron chi connectivity index (χ2n) is 6.45. The number of hydrogen-bond donors (Lipinski definition) is 2. The predicted octanol–water partition coefficient (Wildman–Crippen LogP) is 3.07. The van der Waals surface area contributed by atoms with Crippen molar-refractivity contribution in [3.05, 3.63) is 73.6 Å². The van der Waals surface area contributed by atoms with Crippen molar-refractivity contribution in [2.24, 2.45) is 0 Å². The molecule has 0 fully saturated rings. The summed E-state index contributed by atoms with van der Waals surface area (Å²) in [5.41, 5.74) is 1.32. The van der Waals surface area contributed by atoms with Gasteiger partial charge in [-0.15, -0.1) is 11.3 Å². The van der Waals surface area contributed by atoms with Gasteiger partial charge in [-0.25, -0.2) is 9.59 Å². The van der Waals surface area contributed by atoms with Crippen LogP contribution in [0.25, 0.3) is 21.3 Å². The van der Waals surface area contributed by atoms with E-state index in [0.29, 0.717) is 21.5 Å². The SMILES string of the molecule is COc1ccc(C)cc1-c1csc2[nH]c(=O)n(Cc3ccc(C(=O)O)o3)c(=O)c12. The van der Waals surface area contributed by atoms with Crippen molar-refractivity contribution in [3.8, 4) is 16.9 Å². The van der Waals surface area contributed by atoms with Crippen LogP contribution in [0, 0.1) is 6.92 Å². The molecule has 0 aliphatic rings. The van der Waals surface area contributed by atoms with Crippen molar-refractivity contribution < 1.29 is 19.1 Å². The Morgan fingerprint density at radius 3 is 2.72 bits per heavy atom.